The largest absolute Gasteiger partial charge is 0.484 e. The minimum absolute atomic E-state index is 0.151. The molecule has 0 saturated heterocycles. The highest BCUT2D eigenvalue weighted by Gasteiger charge is 2.34. The lowest BCUT2D eigenvalue weighted by atomic mass is 9.87. The number of fused-ring (bicyclic) bond motifs is 1. The summed E-state index contributed by atoms with van der Waals surface area (Å²) < 4.78 is 5.98. The zero-order valence-electron chi connectivity index (χ0n) is 10.2. The Balaban J connectivity index is 2.04. The summed E-state index contributed by atoms with van der Waals surface area (Å²) >= 11 is 0. The van der Waals surface area contributed by atoms with Crippen molar-refractivity contribution >= 4 is 5.78 Å². The number of ether oxygens (including phenoxy) is 1. The molecule has 1 aliphatic rings. The van der Waals surface area contributed by atoms with Gasteiger partial charge in [0.1, 0.15) is 11.9 Å². The topological polar surface area (TPSA) is 26.3 Å². The summed E-state index contributed by atoms with van der Waals surface area (Å²) in [7, 11) is 0. The van der Waals surface area contributed by atoms with E-state index in [1.54, 1.807) is 0 Å². The van der Waals surface area contributed by atoms with Gasteiger partial charge in [-0.25, -0.2) is 0 Å². The fourth-order valence-electron chi connectivity index (χ4n) is 2.39. The van der Waals surface area contributed by atoms with Crippen LogP contribution in [-0.2, 0) is 0 Å². The SMILES string of the molecule is C[C@H]1C(=O)c2ccccc2O[C@@H]1c1ccccc1. The van der Waals surface area contributed by atoms with Crippen LogP contribution in [0.25, 0.3) is 0 Å². The van der Waals surface area contributed by atoms with E-state index >= 15 is 0 Å². The van der Waals surface area contributed by atoms with E-state index in [-0.39, 0.29) is 17.8 Å². The van der Waals surface area contributed by atoms with Gasteiger partial charge in [-0.3, -0.25) is 4.79 Å². The van der Waals surface area contributed by atoms with E-state index in [1.807, 2.05) is 61.5 Å². The van der Waals surface area contributed by atoms with Gasteiger partial charge < -0.3 is 4.74 Å². The van der Waals surface area contributed by atoms with Crippen molar-refractivity contribution in [1.29, 1.82) is 0 Å². The van der Waals surface area contributed by atoms with Crippen molar-refractivity contribution in [3.63, 3.8) is 0 Å². The summed E-state index contributed by atoms with van der Waals surface area (Å²) in [6.45, 7) is 1.93. The maximum absolute atomic E-state index is 12.3. The second kappa shape index (κ2) is 4.30. The van der Waals surface area contributed by atoms with Crippen molar-refractivity contribution in [1.82, 2.24) is 0 Å². The molecule has 0 radical (unpaired) electrons. The van der Waals surface area contributed by atoms with Crippen LogP contribution in [-0.4, -0.2) is 5.78 Å². The average Bonchev–Trinajstić information content (AvgIpc) is 2.44. The van der Waals surface area contributed by atoms with E-state index in [1.165, 1.54) is 0 Å². The lowest BCUT2D eigenvalue weighted by molar-refractivity contribution is 0.0690. The molecule has 2 heteroatoms. The molecule has 1 aliphatic heterocycles. The van der Waals surface area contributed by atoms with Crippen molar-refractivity contribution in [2.24, 2.45) is 5.92 Å². The standard InChI is InChI=1S/C16H14O2/c1-11-15(17)13-9-5-6-10-14(13)18-16(11)12-7-3-2-4-8-12/h2-11,16H,1H3/t11-,16-/m0/s1. The fraction of sp³-hybridized carbons (Fsp3) is 0.188. The van der Waals surface area contributed by atoms with E-state index in [0.717, 1.165) is 5.56 Å². The number of carbonyl (C=O) groups excluding carboxylic acids is 1. The van der Waals surface area contributed by atoms with Gasteiger partial charge in [0.15, 0.2) is 5.78 Å². The molecule has 0 aliphatic carbocycles. The zero-order chi connectivity index (χ0) is 12.5. The molecule has 0 aromatic heterocycles. The number of carbonyl (C=O) groups is 1. The molecule has 0 N–H and O–H groups in total. The first-order valence-electron chi connectivity index (χ1n) is 6.12. The third kappa shape index (κ3) is 1.70. The smallest absolute Gasteiger partial charge is 0.173 e. The Bertz CT molecular complexity index is 575. The van der Waals surface area contributed by atoms with Crippen LogP contribution in [0.15, 0.2) is 54.6 Å². The molecular formula is C16H14O2. The van der Waals surface area contributed by atoms with Crippen LogP contribution in [0.4, 0.5) is 0 Å². The van der Waals surface area contributed by atoms with Gasteiger partial charge in [0.05, 0.1) is 11.5 Å². The molecule has 2 aromatic carbocycles. The molecule has 0 fully saturated rings. The van der Waals surface area contributed by atoms with Gasteiger partial charge in [0, 0.05) is 0 Å². The number of rotatable bonds is 1. The van der Waals surface area contributed by atoms with Crippen LogP contribution < -0.4 is 4.74 Å². The van der Waals surface area contributed by atoms with Crippen LogP contribution in [0.1, 0.15) is 28.9 Å². The molecule has 0 amide bonds. The van der Waals surface area contributed by atoms with E-state index in [2.05, 4.69) is 0 Å². The predicted molar refractivity (Wildman–Crippen MR) is 69.7 cm³/mol. The molecule has 0 spiro atoms. The highest BCUT2D eigenvalue weighted by molar-refractivity contribution is 6.01. The summed E-state index contributed by atoms with van der Waals surface area (Å²) in [4.78, 5) is 12.3. The Labute approximate surface area is 106 Å². The Hall–Kier alpha value is -2.09. The van der Waals surface area contributed by atoms with Crippen molar-refractivity contribution in [2.75, 3.05) is 0 Å². The second-order valence-corrected chi connectivity index (χ2v) is 4.60. The molecule has 0 bridgehead atoms. The minimum atomic E-state index is -0.186. The summed E-state index contributed by atoms with van der Waals surface area (Å²) in [6, 6.07) is 17.4. The van der Waals surface area contributed by atoms with Gasteiger partial charge in [-0.05, 0) is 17.7 Å². The monoisotopic (exact) mass is 238 g/mol. The van der Waals surface area contributed by atoms with E-state index in [0.29, 0.717) is 11.3 Å². The Morgan fingerprint density at radius 1 is 0.944 bits per heavy atom. The Morgan fingerprint density at radius 2 is 1.61 bits per heavy atom. The second-order valence-electron chi connectivity index (χ2n) is 4.60. The van der Waals surface area contributed by atoms with Crippen LogP contribution in [0.5, 0.6) is 5.75 Å². The molecule has 2 nitrogen and oxygen atoms in total. The molecule has 3 rings (SSSR count). The van der Waals surface area contributed by atoms with Crippen molar-refractivity contribution in [2.45, 2.75) is 13.0 Å². The fourth-order valence-corrected chi connectivity index (χ4v) is 2.39. The van der Waals surface area contributed by atoms with E-state index in [4.69, 9.17) is 4.74 Å². The maximum Gasteiger partial charge on any atom is 0.173 e. The van der Waals surface area contributed by atoms with Crippen molar-refractivity contribution in [3.8, 4) is 5.75 Å². The molecule has 2 aromatic rings. The molecule has 0 unspecified atom stereocenters. The summed E-state index contributed by atoms with van der Waals surface area (Å²) in [5.41, 5.74) is 1.74. The Kier molecular flexibility index (Phi) is 2.63. The highest BCUT2D eigenvalue weighted by atomic mass is 16.5. The zero-order valence-corrected chi connectivity index (χ0v) is 10.2. The lowest BCUT2D eigenvalue weighted by Crippen LogP contribution is -2.29. The van der Waals surface area contributed by atoms with Gasteiger partial charge in [-0.2, -0.15) is 0 Å². The number of hydrogen-bond acceptors (Lipinski definition) is 2. The van der Waals surface area contributed by atoms with E-state index < -0.39 is 0 Å². The number of hydrogen-bond donors (Lipinski definition) is 0. The third-order valence-electron chi connectivity index (χ3n) is 3.40. The summed E-state index contributed by atoms with van der Waals surface area (Å²) in [5.74, 6) is 0.697. The summed E-state index contributed by atoms with van der Waals surface area (Å²) in [6.07, 6.45) is -0.186. The molecule has 1 heterocycles. The van der Waals surface area contributed by atoms with Crippen molar-refractivity contribution < 1.29 is 9.53 Å². The van der Waals surface area contributed by atoms with Crippen LogP contribution in [0.2, 0.25) is 0 Å². The third-order valence-corrected chi connectivity index (χ3v) is 3.40. The predicted octanol–water partition coefficient (Wildman–Crippen LogP) is 3.64. The van der Waals surface area contributed by atoms with Crippen LogP contribution in [0.3, 0.4) is 0 Å². The molecule has 18 heavy (non-hydrogen) atoms. The van der Waals surface area contributed by atoms with Gasteiger partial charge in [0.25, 0.3) is 0 Å². The minimum Gasteiger partial charge on any atom is -0.484 e. The van der Waals surface area contributed by atoms with Gasteiger partial charge in [-0.1, -0.05) is 49.4 Å². The number of para-hydroxylation sites is 1. The van der Waals surface area contributed by atoms with Gasteiger partial charge in [0.2, 0.25) is 0 Å². The molecule has 0 saturated carbocycles. The van der Waals surface area contributed by atoms with Crippen LogP contribution in [0, 0.1) is 5.92 Å². The molecule has 2 atom stereocenters. The van der Waals surface area contributed by atoms with Crippen LogP contribution >= 0.6 is 0 Å². The Morgan fingerprint density at radius 3 is 2.39 bits per heavy atom. The van der Waals surface area contributed by atoms with E-state index in [9.17, 15) is 4.79 Å². The first-order valence-corrected chi connectivity index (χ1v) is 6.12. The molecular weight excluding hydrogens is 224 g/mol. The van der Waals surface area contributed by atoms with Gasteiger partial charge in [-0.15, -0.1) is 0 Å². The molecule has 90 valence electrons. The van der Waals surface area contributed by atoms with Crippen molar-refractivity contribution in [3.05, 3.63) is 65.7 Å². The average molecular weight is 238 g/mol. The number of Topliss-reactive ketones (excluding diaryl/α,β-unsaturated/α-hetero) is 1. The number of ketones is 1. The maximum atomic E-state index is 12.3. The first-order chi connectivity index (χ1) is 8.77. The lowest BCUT2D eigenvalue weighted by Gasteiger charge is -2.30. The highest BCUT2D eigenvalue weighted by Crippen LogP contribution is 2.38. The normalized spacial score (nSPS) is 22.2. The van der Waals surface area contributed by atoms with Gasteiger partial charge >= 0.3 is 0 Å². The number of benzene rings is 2. The summed E-state index contributed by atoms with van der Waals surface area (Å²) in [5, 5.41) is 0. The first kappa shape index (κ1) is 11.0. The quantitative estimate of drug-likeness (QED) is 0.758.